The molecule has 0 atom stereocenters. The van der Waals surface area contributed by atoms with E-state index in [4.69, 9.17) is 4.52 Å². The zero-order chi connectivity index (χ0) is 17.6. The second-order valence-electron chi connectivity index (χ2n) is 6.53. The molecule has 2 fully saturated rings. The van der Waals surface area contributed by atoms with Crippen molar-refractivity contribution < 1.29 is 9.32 Å². The topological polar surface area (TPSA) is 104 Å². The molecule has 132 valence electrons. The van der Waals surface area contributed by atoms with Gasteiger partial charge in [-0.05, 0) is 12.8 Å². The van der Waals surface area contributed by atoms with Gasteiger partial charge in [-0.2, -0.15) is 0 Å². The third kappa shape index (κ3) is 2.97. The van der Waals surface area contributed by atoms with Crippen molar-refractivity contribution in [3.8, 4) is 0 Å². The fourth-order valence-corrected chi connectivity index (χ4v) is 2.98. The average molecular weight is 345 g/mol. The van der Waals surface area contributed by atoms with Crippen LogP contribution in [-0.4, -0.2) is 51.7 Å². The lowest BCUT2D eigenvalue weighted by atomic mass is 10.2. The molecule has 9 nitrogen and oxygen atoms in total. The molecule has 1 amide bonds. The second-order valence-corrected chi connectivity index (χ2v) is 6.53. The molecule has 2 aliphatic rings. The summed E-state index contributed by atoms with van der Waals surface area (Å²) in [7, 11) is 1.43. The Labute approximate surface area is 142 Å². The third-order valence-corrected chi connectivity index (χ3v) is 4.77. The van der Waals surface area contributed by atoms with Crippen LogP contribution in [-0.2, 0) is 7.05 Å². The van der Waals surface area contributed by atoms with Crippen LogP contribution in [0.2, 0.25) is 0 Å². The molecule has 2 aromatic rings. The number of nitrogens with zero attached hydrogens (tertiary/aromatic N) is 4. The molecule has 0 aromatic carbocycles. The van der Waals surface area contributed by atoms with Crippen molar-refractivity contribution in [2.75, 3.05) is 31.1 Å². The maximum Gasteiger partial charge on any atom is 0.329 e. The molecule has 2 aromatic heterocycles. The standard InChI is InChI=1S/C16H19N5O4/c1-19-14(22)9-13(17-16(19)24)20-4-6-21(7-5-20)15(23)11-8-12(25-18-11)10-2-3-10/h8-10H,2-7H2,1H3,(H,17,24). The van der Waals surface area contributed by atoms with E-state index in [0.717, 1.165) is 23.2 Å². The van der Waals surface area contributed by atoms with Crippen molar-refractivity contribution in [2.24, 2.45) is 7.05 Å². The van der Waals surface area contributed by atoms with Gasteiger partial charge in [-0.3, -0.25) is 19.1 Å². The molecule has 9 heteroatoms. The van der Waals surface area contributed by atoms with E-state index in [2.05, 4.69) is 10.1 Å². The van der Waals surface area contributed by atoms with Gasteiger partial charge >= 0.3 is 5.69 Å². The van der Waals surface area contributed by atoms with Gasteiger partial charge in [-0.1, -0.05) is 5.16 Å². The Balaban J connectivity index is 1.43. The molecule has 0 unspecified atom stereocenters. The summed E-state index contributed by atoms with van der Waals surface area (Å²) in [4.78, 5) is 42.3. The molecule has 25 heavy (non-hydrogen) atoms. The predicted octanol–water partition coefficient (Wildman–Crippen LogP) is -0.0986. The van der Waals surface area contributed by atoms with Crippen LogP contribution in [0, 0.1) is 0 Å². The molecule has 0 radical (unpaired) electrons. The summed E-state index contributed by atoms with van der Waals surface area (Å²) in [5.74, 6) is 1.55. The number of anilines is 1. The molecule has 1 aliphatic heterocycles. The highest BCUT2D eigenvalue weighted by atomic mass is 16.5. The van der Waals surface area contributed by atoms with E-state index in [9.17, 15) is 14.4 Å². The summed E-state index contributed by atoms with van der Waals surface area (Å²) < 4.78 is 6.26. The van der Waals surface area contributed by atoms with Gasteiger partial charge in [0.25, 0.3) is 11.5 Å². The average Bonchev–Trinajstić information content (AvgIpc) is 3.36. The van der Waals surface area contributed by atoms with E-state index in [1.165, 1.54) is 13.1 Å². The molecule has 4 rings (SSSR count). The molecule has 1 saturated carbocycles. The largest absolute Gasteiger partial charge is 0.360 e. The van der Waals surface area contributed by atoms with Crippen LogP contribution in [0.5, 0.6) is 0 Å². The monoisotopic (exact) mass is 345 g/mol. The van der Waals surface area contributed by atoms with Crippen LogP contribution in [0.4, 0.5) is 5.82 Å². The first kappa shape index (κ1) is 15.7. The summed E-state index contributed by atoms with van der Waals surface area (Å²) >= 11 is 0. The third-order valence-electron chi connectivity index (χ3n) is 4.77. The smallest absolute Gasteiger partial charge is 0.329 e. The zero-order valence-corrected chi connectivity index (χ0v) is 13.9. The van der Waals surface area contributed by atoms with Crippen LogP contribution in [0.15, 0.2) is 26.2 Å². The quantitative estimate of drug-likeness (QED) is 0.833. The van der Waals surface area contributed by atoms with Crippen LogP contribution >= 0.6 is 0 Å². The van der Waals surface area contributed by atoms with Gasteiger partial charge in [-0.15, -0.1) is 0 Å². The summed E-state index contributed by atoms with van der Waals surface area (Å²) in [6.07, 6.45) is 2.19. The predicted molar refractivity (Wildman–Crippen MR) is 88.9 cm³/mol. The minimum Gasteiger partial charge on any atom is -0.360 e. The fraction of sp³-hybridized carbons (Fsp3) is 0.500. The number of rotatable bonds is 3. The van der Waals surface area contributed by atoms with Gasteiger partial charge in [0.2, 0.25) is 0 Å². The summed E-state index contributed by atoms with van der Waals surface area (Å²) in [5, 5.41) is 3.89. The highest BCUT2D eigenvalue weighted by Gasteiger charge is 2.30. The number of nitrogens with one attached hydrogen (secondary N) is 1. The van der Waals surface area contributed by atoms with Crippen LogP contribution in [0.3, 0.4) is 0 Å². The van der Waals surface area contributed by atoms with Gasteiger partial charge in [0.1, 0.15) is 11.6 Å². The van der Waals surface area contributed by atoms with Crippen LogP contribution in [0.25, 0.3) is 0 Å². The number of aromatic nitrogens is 3. The molecule has 1 aliphatic carbocycles. The van der Waals surface area contributed by atoms with Crippen molar-refractivity contribution in [1.82, 2.24) is 19.6 Å². The van der Waals surface area contributed by atoms with Gasteiger partial charge in [0.05, 0.1) is 0 Å². The first-order valence-corrected chi connectivity index (χ1v) is 8.34. The van der Waals surface area contributed by atoms with Crippen molar-refractivity contribution in [3.63, 3.8) is 0 Å². The number of piperazine rings is 1. The van der Waals surface area contributed by atoms with E-state index in [-0.39, 0.29) is 11.5 Å². The highest BCUT2D eigenvalue weighted by molar-refractivity contribution is 5.92. The number of H-pyrrole nitrogens is 1. The van der Waals surface area contributed by atoms with Crippen molar-refractivity contribution >= 4 is 11.7 Å². The maximum atomic E-state index is 12.5. The van der Waals surface area contributed by atoms with Crippen LogP contribution < -0.4 is 16.1 Å². The minimum absolute atomic E-state index is 0.146. The Bertz CT molecular complexity index is 884. The Hall–Kier alpha value is -2.84. The molecule has 3 heterocycles. The highest BCUT2D eigenvalue weighted by Crippen LogP contribution is 2.40. The Morgan fingerprint density at radius 2 is 1.92 bits per heavy atom. The van der Waals surface area contributed by atoms with Crippen molar-refractivity contribution in [1.29, 1.82) is 0 Å². The van der Waals surface area contributed by atoms with Gasteiger partial charge in [0, 0.05) is 51.3 Å². The van der Waals surface area contributed by atoms with E-state index in [0.29, 0.717) is 43.6 Å². The number of hydrogen-bond acceptors (Lipinski definition) is 6. The number of carbonyl (C=O) groups is 1. The van der Waals surface area contributed by atoms with E-state index in [1.54, 1.807) is 11.0 Å². The normalized spacial score (nSPS) is 17.8. The van der Waals surface area contributed by atoms with Crippen molar-refractivity contribution in [3.05, 3.63) is 44.4 Å². The van der Waals surface area contributed by atoms with Gasteiger partial charge in [0.15, 0.2) is 5.69 Å². The zero-order valence-electron chi connectivity index (χ0n) is 13.9. The molecular weight excluding hydrogens is 326 g/mol. The van der Waals surface area contributed by atoms with E-state index >= 15 is 0 Å². The lowest BCUT2D eigenvalue weighted by molar-refractivity contribution is 0.0736. The number of hydrogen-bond donors (Lipinski definition) is 1. The first-order chi connectivity index (χ1) is 12.0. The van der Waals surface area contributed by atoms with Gasteiger partial charge in [-0.25, -0.2) is 4.79 Å². The minimum atomic E-state index is -0.448. The molecule has 1 N–H and O–H groups in total. The Morgan fingerprint density at radius 1 is 1.20 bits per heavy atom. The summed E-state index contributed by atoms with van der Waals surface area (Å²) in [6, 6.07) is 3.14. The van der Waals surface area contributed by atoms with E-state index < -0.39 is 5.69 Å². The number of aromatic amines is 1. The first-order valence-electron chi connectivity index (χ1n) is 8.34. The lowest BCUT2D eigenvalue weighted by Crippen LogP contribution is -2.50. The van der Waals surface area contributed by atoms with Gasteiger partial charge < -0.3 is 14.3 Å². The molecular formula is C16H19N5O4. The van der Waals surface area contributed by atoms with Crippen LogP contribution in [0.1, 0.15) is 35.0 Å². The SMILES string of the molecule is Cn1c(=O)cc(N2CCN(C(=O)c3cc(C4CC4)on3)CC2)[nH]c1=O. The number of carbonyl (C=O) groups excluding carboxylic acids is 1. The molecule has 0 spiro atoms. The fourth-order valence-electron chi connectivity index (χ4n) is 2.98. The van der Waals surface area contributed by atoms with E-state index in [1.807, 2.05) is 4.90 Å². The molecule has 1 saturated heterocycles. The Morgan fingerprint density at radius 3 is 2.56 bits per heavy atom. The Kier molecular flexibility index (Phi) is 3.70. The van der Waals surface area contributed by atoms with Crippen molar-refractivity contribution in [2.45, 2.75) is 18.8 Å². The summed E-state index contributed by atoms with van der Waals surface area (Å²) in [5.41, 5.74) is -0.457. The summed E-state index contributed by atoms with van der Waals surface area (Å²) in [6.45, 7) is 2.04. The molecule has 0 bridgehead atoms. The number of amides is 1. The maximum absolute atomic E-state index is 12.5. The lowest BCUT2D eigenvalue weighted by Gasteiger charge is -2.35. The second kappa shape index (κ2) is 5.91.